The number of rotatable bonds is 6. The molecule has 0 aliphatic carbocycles. The number of nitrogens with one attached hydrogen (secondary N) is 1. The van der Waals surface area contributed by atoms with Gasteiger partial charge in [-0.2, -0.15) is 0 Å². The van der Waals surface area contributed by atoms with E-state index in [9.17, 15) is 13.2 Å². The minimum absolute atomic E-state index is 0.0304. The fraction of sp³-hybridized carbons (Fsp3) is 0.235. The van der Waals surface area contributed by atoms with Gasteiger partial charge in [-0.1, -0.05) is 49.4 Å². The van der Waals surface area contributed by atoms with E-state index < -0.39 is 9.84 Å². The van der Waals surface area contributed by atoms with Gasteiger partial charge in [0, 0.05) is 18.4 Å². The smallest absolute Gasteiger partial charge is 0.244 e. The van der Waals surface area contributed by atoms with Gasteiger partial charge in [-0.3, -0.25) is 4.79 Å². The van der Waals surface area contributed by atoms with Crippen molar-refractivity contribution in [2.75, 3.05) is 18.1 Å². The van der Waals surface area contributed by atoms with Crippen molar-refractivity contribution in [3.05, 3.63) is 54.1 Å². The van der Waals surface area contributed by atoms with Gasteiger partial charge >= 0.3 is 0 Å². The van der Waals surface area contributed by atoms with Gasteiger partial charge in [0.2, 0.25) is 5.91 Å². The lowest BCUT2D eigenvalue weighted by Gasteiger charge is -2.03. The molecule has 0 fully saturated rings. The summed E-state index contributed by atoms with van der Waals surface area (Å²) in [5.74, 6) is -0.231. The number of hydrogen-bond acceptors (Lipinski definition) is 3. The molecule has 0 radical (unpaired) electrons. The Morgan fingerprint density at radius 2 is 1.86 bits per heavy atom. The first-order valence-corrected chi connectivity index (χ1v) is 8.98. The molecule has 0 bridgehead atoms. The average molecular weight is 317 g/mol. The molecule has 0 aromatic heterocycles. The second-order valence-electron chi connectivity index (χ2n) is 4.93. The van der Waals surface area contributed by atoms with Crippen LogP contribution < -0.4 is 5.32 Å². The summed E-state index contributed by atoms with van der Waals surface area (Å²) in [5.41, 5.74) is 0.953. The second-order valence-corrected chi connectivity index (χ2v) is 7.40. The third-order valence-corrected chi connectivity index (χ3v) is 5.10. The summed E-state index contributed by atoms with van der Waals surface area (Å²) < 4.78 is 22.7. The molecule has 0 aliphatic heterocycles. The quantitative estimate of drug-likeness (QED) is 0.832. The van der Waals surface area contributed by atoms with Crippen molar-refractivity contribution in [3.63, 3.8) is 0 Å². The lowest BCUT2D eigenvalue weighted by Crippen LogP contribution is -2.28. The fourth-order valence-electron chi connectivity index (χ4n) is 2.09. The van der Waals surface area contributed by atoms with Crippen molar-refractivity contribution >= 4 is 32.6 Å². The van der Waals surface area contributed by atoms with Gasteiger partial charge in [-0.25, -0.2) is 8.42 Å². The Bertz CT molecular complexity index is 789. The summed E-state index contributed by atoms with van der Waals surface area (Å²) in [5, 5.41) is 4.77. The van der Waals surface area contributed by atoms with Crippen molar-refractivity contribution in [1.82, 2.24) is 5.32 Å². The SMILES string of the molecule is CCS(=O)(=O)CCNC(=O)/C=C/c1cccc2ccccc12. The van der Waals surface area contributed by atoms with Crippen LogP contribution in [0.5, 0.6) is 0 Å². The van der Waals surface area contributed by atoms with Gasteiger partial charge < -0.3 is 5.32 Å². The standard InChI is InChI=1S/C17H19NO3S/c1-2-22(20,21)13-12-18-17(19)11-10-15-8-5-7-14-6-3-4-9-16(14)15/h3-11H,2,12-13H2,1H3,(H,18,19)/b11-10+. The first-order valence-electron chi connectivity index (χ1n) is 7.16. The summed E-state index contributed by atoms with van der Waals surface area (Å²) in [6.45, 7) is 1.73. The van der Waals surface area contributed by atoms with Gasteiger partial charge in [-0.05, 0) is 22.4 Å². The maximum Gasteiger partial charge on any atom is 0.244 e. The van der Waals surface area contributed by atoms with Crippen molar-refractivity contribution in [2.45, 2.75) is 6.92 Å². The number of sulfone groups is 1. The normalized spacial score (nSPS) is 11.9. The number of amides is 1. The minimum atomic E-state index is -3.05. The maximum absolute atomic E-state index is 11.7. The molecular formula is C17H19NO3S. The Kier molecular flexibility index (Phi) is 5.33. The van der Waals surface area contributed by atoms with Crippen LogP contribution in [-0.4, -0.2) is 32.4 Å². The molecule has 0 heterocycles. The molecule has 2 aromatic rings. The summed E-state index contributed by atoms with van der Waals surface area (Å²) in [7, 11) is -3.05. The third-order valence-electron chi connectivity index (χ3n) is 3.39. The van der Waals surface area contributed by atoms with E-state index >= 15 is 0 Å². The highest BCUT2D eigenvalue weighted by molar-refractivity contribution is 7.91. The molecule has 0 saturated carbocycles. The first kappa shape index (κ1) is 16.2. The van der Waals surface area contributed by atoms with Gasteiger partial charge in [0.25, 0.3) is 0 Å². The van der Waals surface area contributed by atoms with Crippen molar-refractivity contribution < 1.29 is 13.2 Å². The van der Waals surface area contributed by atoms with Crippen LogP contribution in [0.25, 0.3) is 16.8 Å². The number of benzene rings is 2. The monoisotopic (exact) mass is 317 g/mol. The molecule has 0 atom stereocenters. The molecule has 2 rings (SSSR count). The molecule has 1 amide bonds. The third kappa shape index (κ3) is 4.43. The molecule has 22 heavy (non-hydrogen) atoms. The topological polar surface area (TPSA) is 63.2 Å². The Balaban J connectivity index is 2.00. The van der Waals surface area contributed by atoms with Gasteiger partial charge in [0.1, 0.15) is 0 Å². The zero-order valence-corrected chi connectivity index (χ0v) is 13.3. The highest BCUT2D eigenvalue weighted by Crippen LogP contribution is 2.19. The van der Waals surface area contributed by atoms with Crippen molar-refractivity contribution in [1.29, 1.82) is 0 Å². The Morgan fingerprint density at radius 3 is 2.64 bits per heavy atom. The first-order chi connectivity index (χ1) is 10.5. The zero-order valence-electron chi connectivity index (χ0n) is 12.5. The van der Waals surface area contributed by atoms with Gasteiger partial charge in [-0.15, -0.1) is 0 Å². The number of fused-ring (bicyclic) bond motifs is 1. The van der Waals surface area contributed by atoms with Crippen molar-refractivity contribution in [2.24, 2.45) is 0 Å². The predicted octanol–water partition coefficient (Wildman–Crippen LogP) is 2.40. The molecule has 1 N–H and O–H groups in total. The van der Waals surface area contributed by atoms with E-state index in [2.05, 4.69) is 5.32 Å². The predicted molar refractivity (Wildman–Crippen MR) is 90.3 cm³/mol. The van der Waals surface area contributed by atoms with Gasteiger partial charge in [0.15, 0.2) is 9.84 Å². The summed E-state index contributed by atoms with van der Waals surface area (Å²) in [6.07, 6.45) is 3.17. The van der Waals surface area contributed by atoms with Crippen LogP contribution in [0.15, 0.2) is 48.5 Å². The molecule has 0 aliphatic rings. The van der Waals surface area contributed by atoms with E-state index in [0.29, 0.717) is 0 Å². The van der Waals surface area contributed by atoms with E-state index in [0.717, 1.165) is 16.3 Å². The molecule has 0 spiro atoms. The Labute approximate surface area is 130 Å². The fourth-order valence-corrected chi connectivity index (χ4v) is 2.80. The number of hydrogen-bond donors (Lipinski definition) is 1. The van der Waals surface area contributed by atoms with Crippen LogP contribution in [0.1, 0.15) is 12.5 Å². The van der Waals surface area contributed by atoms with E-state index in [4.69, 9.17) is 0 Å². The van der Waals surface area contributed by atoms with Crippen LogP contribution in [0.3, 0.4) is 0 Å². The summed E-state index contributed by atoms with van der Waals surface area (Å²) in [4.78, 5) is 11.7. The van der Waals surface area contributed by atoms with Crippen molar-refractivity contribution in [3.8, 4) is 0 Å². The number of carbonyl (C=O) groups is 1. The highest BCUT2D eigenvalue weighted by Gasteiger charge is 2.07. The summed E-state index contributed by atoms with van der Waals surface area (Å²) >= 11 is 0. The van der Waals surface area contributed by atoms with E-state index in [1.54, 1.807) is 13.0 Å². The van der Waals surface area contributed by atoms with E-state index in [-0.39, 0.29) is 24.0 Å². The van der Waals surface area contributed by atoms with E-state index in [1.807, 2.05) is 42.5 Å². The molecule has 5 heteroatoms. The van der Waals surface area contributed by atoms with Crippen LogP contribution in [0.4, 0.5) is 0 Å². The lowest BCUT2D eigenvalue weighted by molar-refractivity contribution is -0.116. The van der Waals surface area contributed by atoms with Crippen LogP contribution in [0, 0.1) is 0 Å². The van der Waals surface area contributed by atoms with Gasteiger partial charge in [0.05, 0.1) is 5.75 Å². The van der Waals surface area contributed by atoms with Crippen LogP contribution >= 0.6 is 0 Å². The molecule has 0 unspecified atom stereocenters. The molecule has 2 aromatic carbocycles. The summed E-state index contributed by atoms with van der Waals surface area (Å²) in [6, 6.07) is 13.8. The number of carbonyl (C=O) groups excluding carboxylic acids is 1. The average Bonchev–Trinajstić information content (AvgIpc) is 2.52. The maximum atomic E-state index is 11.7. The van der Waals surface area contributed by atoms with Crippen LogP contribution in [0.2, 0.25) is 0 Å². The highest BCUT2D eigenvalue weighted by atomic mass is 32.2. The Hall–Kier alpha value is -2.14. The molecule has 116 valence electrons. The largest absolute Gasteiger partial charge is 0.352 e. The zero-order chi connectivity index (χ0) is 16.0. The molecular weight excluding hydrogens is 298 g/mol. The Morgan fingerprint density at radius 1 is 1.14 bits per heavy atom. The molecule has 0 saturated heterocycles. The second kappa shape index (κ2) is 7.22. The van der Waals surface area contributed by atoms with E-state index in [1.165, 1.54) is 6.08 Å². The molecule has 4 nitrogen and oxygen atoms in total. The minimum Gasteiger partial charge on any atom is -0.352 e. The lowest BCUT2D eigenvalue weighted by atomic mass is 10.0. The van der Waals surface area contributed by atoms with Crippen LogP contribution in [-0.2, 0) is 14.6 Å².